The fraction of sp³-hybridized carbons (Fsp3) is 0.421. The van der Waals surface area contributed by atoms with Gasteiger partial charge in [0.2, 0.25) is 5.78 Å². The Morgan fingerprint density at radius 1 is 1.19 bits per heavy atom. The van der Waals surface area contributed by atoms with E-state index in [1.165, 1.54) is 12.0 Å². The van der Waals surface area contributed by atoms with E-state index in [2.05, 4.69) is 80.5 Å². The minimum Gasteiger partial charge on any atom is -0.495 e. The van der Waals surface area contributed by atoms with Crippen LogP contribution in [0.25, 0.3) is 22.4 Å². The number of pyridine rings is 1. The molecule has 2 aromatic heterocycles. The Morgan fingerprint density at radius 3 is 2.63 bits per heavy atom. The van der Waals surface area contributed by atoms with Crippen LogP contribution in [0.1, 0.15) is 99.4 Å². The zero-order valence-corrected chi connectivity index (χ0v) is 26.2. The predicted molar refractivity (Wildman–Crippen MR) is 174 cm³/mol. The van der Waals surface area contributed by atoms with Gasteiger partial charge in [-0.3, -0.25) is 9.48 Å². The van der Waals surface area contributed by atoms with Crippen molar-refractivity contribution in [1.29, 1.82) is 0 Å². The van der Waals surface area contributed by atoms with Gasteiger partial charge in [-0.05, 0) is 84.9 Å². The third-order valence-electron chi connectivity index (χ3n) is 8.45. The van der Waals surface area contributed by atoms with Crippen molar-refractivity contribution in [3.8, 4) is 52.3 Å². The Kier molecular flexibility index (Phi) is 8.93. The molecular weight excluding hydrogens is 530 g/mol. The summed E-state index contributed by atoms with van der Waals surface area (Å²) in [5.41, 5.74) is 7.59. The van der Waals surface area contributed by atoms with E-state index in [0.717, 1.165) is 72.0 Å². The van der Waals surface area contributed by atoms with Crippen LogP contribution in [-0.4, -0.2) is 27.7 Å². The maximum Gasteiger partial charge on any atom is 0.207 e. The fourth-order valence-corrected chi connectivity index (χ4v) is 5.90. The first kappa shape index (κ1) is 30.4. The van der Waals surface area contributed by atoms with Crippen molar-refractivity contribution in [3.05, 3.63) is 71.5 Å². The molecule has 0 aliphatic heterocycles. The largest absolute Gasteiger partial charge is 0.495 e. The van der Waals surface area contributed by atoms with Gasteiger partial charge in [-0.25, -0.2) is 4.98 Å². The Balaban J connectivity index is 0.000000868. The van der Waals surface area contributed by atoms with E-state index in [1.54, 1.807) is 7.11 Å². The number of terminal acetylenes is 1. The second-order valence-corrected chi connectivity index (χ2v) is 12.8. The molecule has 5 nitrogen and oxygen atoms in total. The summed E-state index contributed by atoms with van der Waals surface area (Å²) >= 11 is 0. The number of hydrogen-bond acceptors (Lipinski definition) is 4. The molecule has 0 atom stereocenters. The number of nitrogens with zero attached hydrogens (tertiary/aromatic N) is 3. The number of carbonyl (C=O) groups is 1. The molecule has 43 heavy (non-hydrogen) atoms. The highest BCUT2D eigenvalue weighted by Gasteiger charge is 2.33. The highest BCUT2D eigenvalue weighted by atomic mass is 16.5. The van der Waals surface area contributed by atoms with Gasteiger partial charge in [-0.2, -0.15) is 5.10 Å². The minimum atomic E-state index is -0.360. The van der Waals surface area contributed by atoms with E-state index in [9.17, 15) is 4.79 Å². The van der Waals surface area contributed by atoms with Crippen molar-refractivity contribution in [2.75, 3.05) is 7.11 Å². The first-order chi connectivity index (χ1) is 20.6. The summed E-state index contributed by atoms with van der Waals surface area (Å²) in [6.07, 6.45) is 19.1. The average Bonchev–Trinajstić information content (AvgIpc) is 3.42. The highest BCUT2D eigenvalue weighted by molar-refractivity contribution is 6.10. The molecule has 1 fully saturated rings. The molecule has 5 heteroatoms. The molecule has 3 aromatic rings. The average molecular weight is 573 g/mol. The van der Waals surface area contributed by atoms with E-state index in [0.29, 0.717) is 35.4 Å². The molecule has 221 valence electrons. The van der Waals surface area contributed by atoms with Crippen molar-refractivity contribution in [1.82, 2.24) is 14.8 Å². The van der Waals surface area contributed by atoms with E-state index < -0.39 is 0 Å². The molecule has 6 rings (SSSR count). The maximum atomic E-state index is 14.4. The summed E-state index contributed by atoms with van der Waals surface area (Å²) in [7, 11) is 1.65. The van der Waals surface area contributed by atoms with Crippen LogP contribution in [-0.2, 0) is 12.8 Å². The zero-order chi connectivity index (χ0) is 30.7. The summed E-state index contributed by atoms with van der Waals surface area (Å²) in [6, 6.07) is 6.63. The summed E-state index contributed by atoms with van der Waals surface area (Å²) in [6.45, 7) is 12.0. The lowest BCUT2D eigenvalue weighted by molar-refractivity contribution is 0.100. The number of aromatic nitrogens is 3. The molecule has 3 aliphatic rings. The first-order valence-electron chi connectivity index (χ1n) is 15.4. The quantitative estimate of drug-likeness (QED) is 0.228. The Labute approximate surface area is 257 Å². The Bertz CT molecular complexity index is 1660. The van der Waals surface area contributed by atoms with E-state index >= 15 is 0 Å². The van der Waals surface area contributed by atoms with Crippen LogP contribution >= 0.6 is 0 Å². The van der Waals surface area contributed by atoms with Crippen LogP contribution in [0.15, 0.2) is 42.2 Å². The number of methoxy groups -OCH3 is 1. The lowest BCUT2D eigenvalue weighted by atomic mass is 9.75. The van der Waals surface area contributed by atoms with Crippen LogP contribution in [0.2, 0.25) is 0 Å². The molecule has 1 radical (unpaired) electrons. The van der Waals surface area contributed by atoms with Gasteiger partial charge in [0, 0.05) is 35.6 Å². The SMILES string of the molecule is C#Cc1cc2c(cc1OC)CCc1c-2cc(-c2cnn(C3CCC3)c2)nc1C(=O)/C1=C\CCC#CCC1(C)C.[CH2]C(C)C. The second-order valence-electron chi connectivity index (χ2n) is 12.8. The number of Topliss-reactive ketones (excluding diaryl/α,β-unsaturated/α-hetero) is 1. The van der Waals surface area contributed by atoms with E-state index in [4.69, 9.17) is 16.1 Å². The predicted octanol–water partition coefficient (Wildman–Crippen LogP) is 8.22. The molecule has 0 unspecified atom stereocenters. The summed E-state index contributed by atoms with van der Waals surface area (Å²) in [5, 5.41) is 4.65. The molecule has 0 spiro atoms. The zero-order valence-electron chi connectivity index (χ0n) is 26.2. The minimum absolute atomic E-state index is 0.00215. The third kappa shape index (κ3) is 6.33. The van der Waals surface area contributed by atoms with Gasteiger partial charge in [-0.1, -0.05) is 46.6 Å². The smallest absolute Gasteiger partial charge is 0.207 e. The highest BCUT2D eigenvalue weighted by Crippen LogP contribution is 2.42. The van der Waals surface area contributed by atoms with Crippen LogP contribution in [0.3, 0.4) is 0 Å². The van der Waals surface area contributed by atoms with Gasteiger partial charge in [0.15, 0.2) is 0 Å². The topological polar surface area (TPSA) is 57.0 Å². The normalized spacial score (nSPS) is 18.0. The standard InChI is InChI=1S/C34H33N3O2.C4H9/c1-5-22-17-27-23(18-31(22)39-4)14-15-26-28(27)19-30(24-20-35-37(21-24)25-11-10-12-25)36-32(26)33(38)29-13-8-6-7-9-16-34(29,2)3;1-4(2)3/h1,13,17-21,25H,6,8,10-12,14-16H2,2-4H3;4H,1H2,2-3H3/b29-13+;. The van der Waals surface area contributed by atoms with Gasteiger partial charge in [0.1, 0.15) is 11.4 Å². The molecule has 2 heterocycles. The van der Waals surface area contributed by atoms with Crippen LogP contribution < -0.4 is 4.74 Å². The Hall–Kier alpha value is -4.09. The van der Waals surface area contributed by atoms with Crippen LogP contribution in [0.5, 0.6) is 5.75 Å². The first-order valence-corrected chi connectivity index (χ1v) is 15.4. The summed E-state index contributed by atoms with van der Waals surface area (Å²) in [5.74, 6) is 10.5. The number of rotatable bonds is 5. The molecule has 1 saturated carbocycles. The van der Waals surface area contributed by atoms with Crippen molar-refractivity contribution in [2.45, 2.75) is 85.1 Å². The number of aryl methyl sites for hydroxylation is 1. The van der Waals surface area contributed by atoms with Crippen LogP contribution in [0.4, 0.5) is 0 Å². The third-order valence-corrected chi connectivity index (χ3v) is 8.45. The van der Waals surface area contributed by atoms with Crippen molar-refractivity contribution < 1.29 is 9.53 Å². The number of ketones is 1. The molecule has 0 amide bonds. The molecule has 0 N–H and O–H groups in total. The van der Waals surface area contributed by atoms with Crippen molar-refractivity contribution in [2.24, 2.45) is 11.3 Å². The molecule has 0 saturated heterocycles. The van der Waals surface area contributed by atoms with Crippen molar-refractivity contribution >= 4 is 5.78 Å². The van der Waals surface area contributed by atoms with Gasteiger partial charge >= 0.3 is 0 Å². The maximum absolute atomic E-state index is 14.4. The van der Waals surface area contributed by atoms with Gasteiger partial charge in [-0.15, -0.1) is 18.3 Å². The van der Waals surface area contributed by atoms with Crippen LogP contribution in [0, 0.1) is 42.4 Å². The van der Waals surface area contributed by atoms with Crippen molar-refractivity contribution in [3.63, 3.8) is 0 Å². The number of fused-ring (bicyclic) bond motifs is 3. The lowest BCUT2D eigenvalue weighted by Crippen LogP contribution is -2.24. The number of ether oxygens (including phenoxy) is 1. The molecule has 0 bridgehead atoms. The second kappa shape index (κ2) is 12.6. The number of hydrogen-bond donors (Lipinski definition) is 0. The number of carbonyl (C=O) groups excluding carboxylic acids is 1. The monoisotopic (exact) mass is 572 g/mol. The molecule has 3 aliphatic carbocycles. The summed E-state index contributed by atoms with van der Waals surface area (Å²) < 4.78 is 7.62. The molecular formula is C38H42N3O2. The Morgan fingerprint density at radius 2 is 1.95 bits per heavy atom. The summed E-state index contributed by atoms with van der Waals surface area (Å²) in [4.78, 5) is 19.5. The number of allylic oxidation sites excluding steroid dienone is 2. The molecule has 1 aromatic carbocycles. The van der Waals surface area contributed by atoms with Gasteiger partial charge in [0.25, 0.3) is 0 Å². The fourth-order valence-electron chi connectivity index (χ4n) is 5.90. The number of benzene rings is 1. The van der Waals surface area contributed by atoms with Gasteiger partial charge in [0.05, 0.1) is 30.6 Å². The van der Waals surface area contributed by atoms with Gasteiger partial charge < -0.3 is 4.74 Å². The van der Waals surface area contributed by atoms with E-state index in [-0.39, 0.29) is 11.2 Å². The lowest BCUT2D eigenvalue weighted by Gasteiger charge is -2.28. The van der Waals surface area contributed by atoms with E-state index in [1.807, 2.05) is 18.3 Å².